The van der Waals surface area contributed by atoms with Crippen molar-refractivity contribution in [2.45, 2.75) is 0 Å². The number of amides is 1. The van der Waals surface area contributed by atoms with E-state index in [-0.39, 0.29) is 22.0 Å². The zero-order chi connectivity index (χ0) is 24.2. The first kappa shape index (κ1) is 22.6. The van der Waals surface area contributed by atoms with Crippen molar-refractivity contribution in [2.24, 2.45) is 0 Å². The Morgan fingerprint density at radius 3 is 2.76 bits per heavy atom. The summed E-state index contributed by atoms with van der Waals surface area (Å²) in [6.07, 6.45) is 0. The zero-order valence-electron chi connectivity index (χ0n) is 17.5. The first-order valence-corrected chi connectivity index (χ1v) is 10.5. The lowest BCUT2D eigenvalue weighted by Crippen LogP contribution is -2.23. The van der Waals surface area contributed by atoms with Crippen LogP contribution in [0.2, 0.25) is 0 Å². The van der Waals surface area contributed by atoms with E-state index in [1.165, 1.54) is 31.4 Å². The van der Waals surface area contributed by atoms with Crippen molar-refractivity contribution < 1.29 is 28.4 Å². The van der Waals surface area contributed by atoms with Crippen LogP contribution in [0.15, 0.2) is 63.1 Å². The molecule has 0 aliphatic rings. The van der Waals surface area contributed by atoms with Crippen LogP contribution in [0, 0.1) is 10.1 Å². The van der Waals surface area contributed by atoms with E-state index >= 15 is 0 Å². The van der Waals surface area contributed by atoms with Gasteiger partial charge in [-0.2, -0.15) is 0 Å². The largest absolute Gasteiger partial charge is 0.493 e. The molecule has 12 heteroatoms. The minimum Gasteiger partial charge on any atom is -0.493 e. The van der Waals surface area contributed by atoms with Crippen LogP contribution < -0.4 is 15.7 Å². The monoisotopic (exact) mass is 481 g/mol. The number of esters is 1. The fourth-order valence-electron chi connectivity index (χ4n) is 3.03. The van der Waals surface area contributed by atoms with Gasteiger partial charge in [0.1, 0.15) is 5.56 Å². The number of nitrogens with one attached hydrogen (secondary N) is 1. The van der Waals surface area contributed by atoms with Gasteiger partial charge < -0.3 is 13.9 Å². The van der Waals surface area contributed by atoms with Crippen LogP contribution in [0.25, 0.3) is 22.2 Å². The van der Waals surface area contributed by atoms with Gasteiger partial charge in [-0.15, -0.1) is 11.3 Å². The molecule has 2 heterocycles. The van der Waals surface area contributed by atoms with Gasteiger partial charge in [-0.1, -0.05) is 24.3 Å². The Labute approximate surface area is 194 Å². The summed E-state index contributed by atoms with van der Waals surface area (Å²) >= 11 is 1.09. The number of carbonyl (C=O) groups excluding carboxylic acids is 2. The molecule has 0 fully saturated rings. The minimum atomic E-state index is -1.02. The van der Waals surface area contributed by atoms with Crippen molar-refractivity contribution in [2.75, 3.05) is 19.0 Å². The van der Waals surface area contributed by atoms with E-state index in [0.717, 1.165) is 11.3 Å². The second kappa shape index (κ2) is 9.50. The lowest BCUT2D eigenvalue weighted by molar-refractivity contribution is -0.384. The quantitative estimate of drug-likeness (QED) is 0.181. The number of hydrogen-bond donors (Lipinski definition) is 1. The summed E-state index contributed by atoms with van der Waals surface area (Å²) in [5, 5.41) is 15.7. The highest BCUT2D eigenvalue weighted by molar-refractivity contribution is 7.14. The molecule has 172 valence electrons. The average Bonchev–Trinajstić information content (AvgIpc) is 3.30. The highest BCUT2D eigenvalue weighted by atomic mass is 32.1. The van der Waals surface area contributed by atoms with Crippen LogP contribution in [0.4, 0.5) is 10.8 Å². The van der Waals surface area contributed by atoms with Gasteiger partial charge in [-0.3, -0.25) is 20.2 Å². The molecule has 1 N–H and O–H groups in total. The smallest absolute Gasteiger partial charge is 0.351 e. The predicted octanol–water partition coefficient (Wildman–Crippen LogP) is 3.63. The number of non-ortho nitro benzene ring substituents is 1. The molecule has 0 spiro atoms. The van der Waals surface area contributed by atoms with Gasteiger partial charge in [-0.05, 0) is 12.1 Å². The SMILES string of the molecule is COc1cccc2cc(C(=O)OCC(=O)Nc3nc(-c4cccc([N+](=O)[O-])c4)cs3)c(=O)oc12. The maximum absolute atomic E-state index is 12.3. The van der Waals surface area contributed by atoms with Crippen LogP contribution in [-0.2, 0) is 9.53 Å². The molecule has 0 aliphatic carbocycles. The summed E-state index contributed by atoms with van der Waals surface area (Å²) in [6.45, 7) is -0.667. The van der Waals surface area contributed by atoms with Crippen molar-refractivity contribution in [1.82, 2.24) is 4.98 Å². The predicted molar refractivity (Wildman–Crippen MR) is 122 cm³/mol. The first-order chi connectivity index (χ1) is 16.4. The van der Waals surface area contributed by atoms with Crippen molar-refractivity contribution in [3.63, 3.8) is 0 Å². The van der Waals surface area contributed by atoms with Gasteiger partial charge >= 0.3 is 11.6 Å². The van der Waals surface area contributed by atoms with Gasteiger partial charge in [0, 0.05) is 28.5 Å². The number of anilines is 1. The minimum absolute atomic E-state index is 0.0837. The van der Waals surface area contributed by atoms with Crippen molar-refractivity contribution in [1.29, 1.82) is 0 Å². The Kier molecular flexibility index (Phi) is 6.32. The van der Waals surface area contributed by atoms with Crippen molar-refractivity contribution in [3.05, 3.63) is 80.0 Å². The molecule has 0 unspecified atom stereocenters. The number of methoxy groups -OCH3 is 1. The third-order valence-electron chi connectivity index (χ3n) is 4.60. The fraction of sp³-hybridized carbons (Fsp3) is 0.0909. The Morgan fingerprint density at radius 2 is 2.00 bits per heavy atom. The number of benzene rings is 2. The number of aromatic nitrogens is 1. The van der Waals surface area contributed by atoms with E-state index in [1.54, 1.807) is 29.6 Å². The molecular formula is C22H15N3O8S. The number of hydrogen-bond acceptors (Lipinski definition) is 10. The third-order valence-corrected chi connectivity index (χ3v) is 5.36. The molecule has 0 radical (unpaired) electrons. The third kappa shape index (κ3) is 4.76. The topological polar surface area (TPSA) is 151 Å². The van der Waals surface area contributed by atoms with Gasteiger partial charge in [0.2, 0.25) is 0 Å². The van der Waals surface area contributed by atoms with Crippen molar-refractivity contribution >= 4 is 45.0 Å². The molecule has 2 aromatic carbocycles. The number of nitro groups is 1. The fourth-order valence-corrected chi connectivity index (χ4v) is 3.76. The second-order valence-electron chi connectivity index (χ2n) is 6.80. The second-order valence-corrected chi connectivity index (χ2v) is 7.65. The van der Waals surface area contributed by atoms with E-state index < -0.39 is 29.0 Å². The summed E-state index contributed by atoms with van der Waals surface area (Å²) in [5.41, 5.74) is -0.242. The van der Waals surface area contributed by atoms with E-state index in [2.05, 4.69) is 10.3 Å². The summed E-state index contributed by atoms with van der Waals surface area (Å²) in [6, 6.07) is 12.1. The highest BCUT2D eigenvalue weighted by Crippen LogP contribution is 2.27. The van der Waals surface area contributed by atoms with Gasteiger partial charge in [0.15, 0.2) is 23.1 Å². The number of thiazole rings is 1. The highest BCUT2D eigenvalue weighted by Gasteiger charge is 2.19. The molecule has 0 aliphatic heterocycles. The normalized spacial score (nSPS) is 10.6. The molecule has 11 nitrogen and oxygen atoms in total. The Morgan fingerprint density at radius 1 is 1.21 bits per heavy atom. The lowest BCUT2D eigenvalue weighted by Gasteiger charge is -2.06. The van der Waals surface area contributed by atoms with Gasteiger partial charge in [0.05, 0.1) is 17.7 Å². The average molecular weight is 481 g/mol. The first-order valence-electron chi connectivity index (χ1n) is 9.64. The van der Waals surface area contributed by atoms with Crippen LogP contribution in [0.3, 0.4) is 0 Å². The number of ether oxygens (including phenoxy) is 2. The number of rotatable bonds is 7. The summed E-state index contributed by atoms with van der Waals surface area (Å²) in [5.74, 6) is -1.37. The van der Waals surface area contributed by atoms with E-state index in [4.69, 9.17) is 13.9 Å². The van der Waals surface area contributed by atoms with Crippen LogP contribution in [0.5, 0.6) is 5.75 Å². The maximum Gasteiger partial charge on any atom is 0.351 e. The Balaban J connectivity index is 1.41. The summed E-state index contributed by atoms with van der Waals surface area (Å²) in [7, 11) is 1.42. The van der Waals surface area contributed by atoms with Crippen LogP contribution in [0.1, 0.15) is 10.4 Å². The molecule has 34 heavy (non-hydrogen) atoms. The zero-order valence-corrected chi connectivity index (χ0v) is 18.3. The van der Waals surface area contributed by atoms with E-state index in [0.29, 0.717) is 22.4 Å². The van der Waals surface area contributed by atoms with Crippen molar-refractivity contribution in [3.8, 4) is 17.0 Å². The molecule has 0 saturated heterocycles. The Bertz CT molecular complexity index is 1480. The van der Waals surface area contributed by atoms with Crippen LogP contribution in [-0.4, -0.2) is 35.5 Å². The van der Waals surface area contributed by atoms with Gasteiger partial charge in [0.25, 0.3) is 11.6 Å². The molecule has 2 aromatic heterocycles. The van der Waals surface area contributed by atoms with Gasteiger partial charge in [-0.25, -0.2) is 14.6 Å². The number of nitro benzene ring substituents is 1. The van der Waals surface area contributed by atoms with Crippen LogP contribution >= 0.6 is 11.3 Å². The number of nitrogens with zero attached hydrogens (tertiary/aromatic N) is 2. The number of carbonyl (C=O) groups is 2. The standard InChI is InChI=1S/C22H15N3O8S/c1-31-17-7-3-5-13-9-15(21(28)33-19(13)17)20(27)32-10-18(26)24-22-23-16(11-34-22)12-4-2-6-14(8-12)25(29)30/h2-9,11H,10H2,1H3,(H,23,24,26). The Hall–Kier alpha value is -4.58. The number of fused-ring (bicyclic) bond motifs is 1. The molecule has 0 saturated carbocycles. The van der Waals surface area contributed by atoms with E-state index in [1.807, 2.05) is 0 Å². The summed E-state index contributed by atoms with van der Waals surface area (Å²) in [4.78, 5) is 51.4. The lowest BCUT2D eigenvalue weighted by atomic mass is 10.1. The molecule has 0 bridgehead atoms. The molecule has 1 amide bonds. The number of para-hydroxylation sites is 1. The molecular weight excluding hydrogens is 466 g/mol. The molecule has 4 aromatic rings. The molecule has 4 rings (SSSR count). The molecule has 0 atom stereocenters. The summed E-state index contributed by atoms with van der Waals surface area (Å²) < 4.78 is 15.2. The maximum atomic E-state index is 12.3. The van der Waals surface area contributed by atoms with E-state index in [9.17, 15) is 24.5 Å².